The molecule has 0 saturated heterocycles. The maximum absolute atomic E-state index is 12.5. The van der Waals surface area contributed by atoms with Crippen molar-refractivity contribution >= 4 is 41.3 Å². The predicted molar refractivity (Wildman–Crippen MR) is 116 cm³/mol. The number of aliphatic imine (C=N–C) groups is 1. The molecule has 0 aliphatic heterocycles. The molecule has 0 aliphatic rings. The van der Waals surface area contributed by atoms with E-state index in [0.717, 1.165) is 31.1 Å². The summed E-state index contributed by atoms with van der Waals surface area (Å²) in [5, 5.41) is 5.19. The van der Waals surface area contributed by atoms with Crippen LogP contribution in [-0.2, 0) is 12.6 Å². The van der Waals surface area contributed by atoms with Crippen LogP contribution in [0.4, 0.5) is 13.2 Å². The zero-order chi connectivity index (χ0) is 19.0. The summed E-state index contributed by atoms with van der Waals surface area (Å²) in [6.07, 6.45) is -3.39. The normalized spacial score (nSPS) is 11.2. The molecule has 8 heteroatoms. The number of alkyl halides is 3. The average molecular weight is 507 g/mol. The third-order valence-electron chi connectivity index (χ3n) is 3.63. The second-order valence-electron chi connectivity index (χ2n) is 5.53. The summed E-state index contributed by atoms with van der Waals surface area (Å²) >= 11 is 1.73. The summed E-state index contributed by atoms with van der Waals surface area (Å²) < 4.78 is 37.6. The van der Waals surface area contributed by atoms with Crippen LogP contribution >= 0.6 is 35.3 Å². The molecule has 0 spiro atoms. The van der Waals surface area contributed by atoms with Crippen LogP contribution in [-0.4, -0.2) is 38.0 Å². The van der Waals surface area contributed by atoms with Crippen LogP contribution in [0.2, 0.25) is 0 Å². The molecule has 0 aliphatic carbocycles. The van der Waals surface area contributed by atoms with Crippen LogP contribution in [0, 0.1) is 11.8 Å². The van der Waals surface area contributed by atoms with Crippen molar-refractivity contribution in [2.45, 2.75) is 12.6 Å². The maximum Gasteiger partial charge on any atom is 0.416 e. The van der Waals surface area contributed by atoms with E-state index in [1.54, 1.807) is 18.4 Å². The van der Waals surface area contributed by atoms with E-state index in [1.165, 1.54) is 17.0 Å². The van der Waals surface area contributed by atoms with Gasteiger partial charge in [0.25, 0.3) is 0 Å². The van der Waals surface area contributed by atoms with Gasteiger partial charge in [-0.1, -0.05) is 17.9 Å². The molecular formula is C19H21F3IN3S. The minimum atomic E-state index is -4.33. The van der Waals surface area contributed by atoms with Crippen molar-refractivity contribution in [3.05, 3.63) is 57.8 Å². The van der Waals surface area contributed by atoms with Gasteiger partial charge in [0.15, 0.2) is 5.96 Å². The number of likely N-dealkylation sites (N-methyl/N-ethyl adjacent to an activating group) is 1. The summed E-state index contributed by atoms with van der Waals surface area (Å²) in [5.41, 5.74) is -0.130. The van der Waals surface area contributed by atoms with Gasteiger partial charge in [0.2, 0.25) is 0 Å². The SMILES string of the molecule is CN=C(NCC#Cc1ccc(C(F)(F)F)cc1)N(C)CCc1cccs1.I. The Bertz CT molecular complexity index is 775. The molecule has 1 aromatic carbocycles. The van der Waals surface area contributed by atoms with E-state index in [2.05, 4.69) is 33.6 Å². The molecule has 0 atom stereocenters. The monoisotopic (exact) mass is 507 g/mol. The van der Waals surface area contributed by atoms with E-state index < -0.39 is 11.7 Å². The highest BCUT2D eigenvalue weighted by atomic mass is 127. The topological polar surface area (TPSA) is 27.6 Å². The Morgan fingerprint density at radius 3 is 2.48 bits per heavy atom. The van der Waals surface area contributed by atoms with Gasteiger partial charge in [-0.2, -0.15) is 13.2 Å². The first-order valence-corrected chi connectivity index (χ1v) is 8.88. The molecule has 0 bridgehead atoms. The third kappa shape index (κ3) is 7.81. The Balaban J connectivity index is 0.00000364. The van der Waals surface area contributed by atoms with E-state index in [9.17, 15) is 13.2 Å². The molecule has 0 unspecified atom stereocenters. The molecule has 1 aromatic heterocycles. The lowest BCUT2D eigenvalue weighted by Gasteiger charge is -2.20. The van der Waals surface area contributed by atoms with Gasteiger partial charge in [-0.3, -0.25) is 4.99 Å². The molecule has 0 radical (unpaired) electrons. The Morgan fingerprint density at radius 1 is 1.22 bits per heavy atom. The van der Waals surface area contributed by atoms with Crippen molar-refractivity contribution in [2.24, 2.45) is 4.99 Å². The predicted octanol–water partition coefficient (Wildman–Crippen LogP) is 4.49. The summed E-state index contributed by atoms with van der Waals surface area (Å²) in [5.74, 6) is 6.47. The fourth-order valence-corrected chi connectivity index (χ4v) is 2.93. The molecule has 2 aromatic rings. The minimum Gasteiger partial charge on any atom is -0.346 e. The number of rotatable bonds is 4. The van der Waals surface area contributed by atoms with Crippen LogP contribution in [0.3, 0.4) is 0 Å². The lowest BCUT2D eigenvalue weighted by Crippen LogP contribution is -2.40. The molecule has 27 heavy (non-hydrogen) atoms. The summed E-state index contributed by atoms with van der Waals surface area (Å²) in [7, 11) is 3.65. The van der Waals surface area contributed by atoms with Gasteiger partial charge in [-0.05, 0) is 42.1 Å². The molecule has 0 saturated carbocycles. The fourth-order valence-electron chi connectivity index (χ4n) is 2.24. The number of guanidine groups is 1. The summed E-state index contributed by atoms with van der Waals surface area (Å²) in [6, 6.07) is 8.95. The molecule has 0 fully saturated rings. The molecule has 146 valence electrons. The van der Waals surface area contributed by atoms with Crippen molar-refractivity contribution < 1.29 is 13.2 Å². The van der Waals surface area contributed by atoms with Crippen molar-refractivity contribution in [1.82, 2.24) is 10.2 Å². The van der Waals surface area contributed by atoms with E-state index in [1.807, 2.05) is 18.0 Å². The standard InChI is InChI=1S/C19H20F3N3S.HI/c1-23-18(25(2)13-11-17-6-4-14-26-17)24-12-3-5-15-7-9-16(10-8-15)19(20,21)22;/h4,6-10,14H,11-13H2,1-2H3,(H,23,24);1H. The first-order valence-electron chi connectivity index (χ1n) is 8.00. The van der Waals surface area contributed by atoms with Crippen molar-refractivity contribution in [1.29, 1.82) is 0 Å². The average Bonchev–Trinajstić information content (AvgIpc) is 3.13. The van der Waals surface area contributed by atoms with Gasteiger partial charge in [-0.25, -0.2) is 0 Å². The van der Waals surface area contributed by atoms with Gasteiger partial charge in [0.05, 0.1) is 12.1 Å². The molecule has 0 amide bonds. The van der Waals surface area contributed by atoms with E-state index in [4.69, 9.17) is 0 Å². The highest BCUT2D eigenvalue weighted by molar-refractivity contribution is 14.0. The number of nitrogens with zero attached hydrogens (tertiary/aromatic N) is 2. The smallest absolute Gasteiger partial charge is 0.346 e. The zero-order valence-corrected chi connectivity index (χ0v) is 18.2. The second-order valence-corrected chi connectivity index (χ2v) is 6.56. The first kappa shape index (κ1) is 23.3. The molecule has 3 nitrogen and oxygen atoms in total. The number of halogens is 4. The van der Waals surface area contributed by atoms with Gasteiger partial charge < -0.3 is 10.2 Å². The summed E-state index contributed by atoms with van der Waals surface area (Å²) in [6.45, 7) is 1.18. The Hall–Kier alpha value is -1.73. The first-order chi connectivity index (χ1) is 12.4. The molecule has 1 heterocycles. The number of hydrogen-bond donors (Lipinski definition) is 1. The van der Waals surface area contributed by atoms with E-state index >= 15 is 0 Å². The minimum absolute atomic E-state index is 0. The van der Waals surface area contributed by atoms with E-state index in [-0.39, 0.29) is 24.0 Å². The molecule has 2 rings (SSSR count). The number of hydrogen-bond acceptors (Lipinski definition) is 2. The number of nitrogens with one attached hydrogen (secondary N) is 1. The van der Waals surface area contributed by atoms with Gasteiger partial charge >= 0.3 is 6.18 Å². The van der Waals surface area contributed by atoms with Gasteiger partial charge in [0.1, 0.15) is 0 Å². The second kappa shape index (κ2) is 11.2. The third-order valence-corrected chi connectivity index (χ3v) is 4.56. The van der Waals surface area contributed by atoms with Crippen LogP contribution in [0.15, 0.2) is 46.8 Å². The molecular weight excluding hydrogens is 486 g/mol. The molecule has 1 N–H and O–H groups in total. The van der Waals surface area contributed by atoms with Crippen molar-refractivity contribution in [3.8, 4) is 11.8 Å². The van der Waals surface area contributed by atoms with Crippen LogP contribution in [0.1, 0.15) is 16.0 Å². The Kier molecular flexibility index (Phi) is 9.66. The Morgan fingerprint density at radius 2 is 1.93 bits per heavy atom. The van der Waals surface area contributed by atoms with Gasteiger partial charge in [0, 0.05) is 31.1 Å². The summed E-state index contributed by atoms with van der Waals surface area (Å²) in [4.78, 5) is 7.54. The quantitative estimate of drug-likeness (QED) is 0.286. The van der Waals surface area contributed by atoms with Crippen LogP contribution < -0.4 is 5.32 Å². The fraction of sp³-hybridized carbons (Fsp3) is 0.316. The van der Waals surface area contributed by atoms with Crippen LogP contribution in [0.5, 0.6) is 0 Å². The van der Waals surface area contributed by atoms with Gasteiger partial charge in [-0.15, -0.1) is 35.3 Å². The number of benzene rings is 1. The lowest BCUT2D eigenvalue weighted by atomic mass is 10.1. The zero-order valence-electron chi connectivity index (χ0n) is 15.0. The van der Waals surface area contributed by atoms with Crippen molar-refractivity contribution in [2.75, 3.05) is 27.2 Å². The lowest BCUT2D eigenvalue weighted by molar-refractivity contribution is -0.137. The van der Waals surface area contributed by atoms with E-state index in [0.29, 0.717) is 12.1 Å². The Labute approximate surface area is 178 Å². The van der Waals surface area contributed by atoms with Crippen molar-refractivity contribution in [3.63, 3.8) is 0 Å². The largest absolute Gasteiger partial charge is 0.416 e. The van der Waals surface area contributed by atoms with Crippen LogP contribution in [0.25, 0.3) is 0 Å². The highest BCUT2D eigenvalue weighted by Gasteiger charge is 2.29. The maximum atomic E-state index is 12.5. The highest BCUT2D eigenvalue weighted by Crippen LogP contribution is 2.28. The number of thiophene rings is 1.